The molecule has 0 spiro atoms. The average Bonchev–Trinajstić information content (AvgIpc) is 3.52. The number of hydrogen-bond acceptors (Lipinski definition) is 2. The maximum Gasteiger partial charge on any atom is 0.337 e. The molecule has 0 atom stereocenters. The summed E-state index contributed by atoms with van der Waals surface area (Å²) in [6.07, 6.45) is 13.9. The Morgan fingerprint density at radius 1 is 1.24 bits per heavy atom. The predicted octanol–water partition coefficient (Wildman–Crippen LogP) is 5.70. The standard InChI is InChI=1S/C25H26N2O2/c1-27-10-9-19-11-16(12-21(24(19)27)18-5-3-2-4-6-18)13-23-22(25(28)29)14-20(15-26-23)17-7-8-17/h5,9-12,14-15,17H,2-4,6-8,13H2,1H3,(H,28,29). The Morgan fingerprint density at radius 2 is 2.10 bits per heavy atom. The number of allylic oxidation sites excluding steroid dienone is 2. The summed E-state index contributed by atoms with van der Waals surface area (Å²) in [6, 6.07) is 8.42. The van der Waals surface area contributed by atoms with Crippen LogP contribution in [0.3, 0.4) is 0 Å². The first-order chi connectivity index (χ1) is 14.1. The van der Waals surface area contributed by atoms with E-state index in [0.717, 1.165) is 36.8 Å². The minimum absolute atomic E-state index is 0.348. The van der Waals surface area contributed by atoms with Crippen molar-refractivity contribution in [2.75, 3.05) is 0 Å². The normalized spacial score (nSPS) is 16.8. The number of carboxylic acids is 1. The first kappa shape index (κ1) is 18.2. The van der Waals surface area contributed by atoms with Gasteiger partial charge in [-0.15, -0.1) is 0 Å². The summed E-state index contributed by atoms with van der Waals surface area (Å²) in [5.41, 5.74) is 7.16. The third-order valence-electron chi connectivity index (χ3n) is 6.31. The highest BCUT2D eigenvalue weighted by molar-refractivity contribution is 5.93. The van der Waals surface area contributed by atoms with Crippen LogP contribution in [-0.4, -0.2) is 20.6 Å². The van der Waals surface area contributed by atoms with Crippen molar-refractivity contribution in [2.45, 2.75) is 50.9 Å². The second-order valence-corrected chi connectivity index (χ2v) is 8.50. The molecule has 2 aromatic heterocycles. The molecular formula is C25H26N2O2. The summed E-state index contributed by atoms with van der Waals surface area (Å²) < 4.78 is 2.19. The van der Waals surface area contributed by atoms with E-state index in [9.17, 15) is 9.90 Å². The molecule has 5 rings (SSSR count). The molecule has 29 heavy (non-hydrogen) atoms. The number of pyridine rings is 1. The molecule has 1 saturated carbocycles. The Balaban J connectivity index is 1.57. The molecule has 4 nitrogen and oxygen atoms in total. The van der Waals surface area contributed by atoms with Gasteiger partial charge >= 0.3 is 5.97 Å². The van der Waals surface area contributed by atoms with Crippen LogP contribution in [0.5, 0.6) is 0 Å². The summed E-state index contributed by atoms with van der Waals surface area (Å²) in [5, 5.41) is 11.0. The minimum Gasteiger partial charge on any atom is -0.478 e. The number of fused-ring (bicyclic) bond motifs is 1. The number of carboxylic acid groups (broad SMARTS) is 1. The third-order valence-corrected chi connectivity index (χ3v) is 6.31. The number of aromatic carboxylic acids is 1. The Morgan fingerprint density at radius 3 is 2.83 bits per heavy atom. The number of aryl methyl sites for hydroxylation is 1. The second-order valence-electron chi connectivity index (χ2n) is 8.50. The van der Waals surface area contributed by atoms with E-state index in [1.807, 2.05) is 12.3 Å². The Labute approximate surface area is 170 Å². The van der Waals surface area contributed by atoms with Gasteiger partial charge < -0.3 is 9.67 Å². The van der Waals surface area contributed by atoms with Crippen LogP contribution in [0.15, 0.2) is 42.7 Å². The maximum absolute atomic E-state index is 11.9. The largest absolute Gasteiger partial charge is 0.478 e. The summed E-state index contributed by atoms with van der Waals surface area (Å²) in [7, 11) is 2.09. The fourth-order valence-electron chi connectivity index (χ4n) is 4.60. The fraction of sp³-hybridized carbons (Fsp3) is 0.360. The number of benzene rings is 1. The molecular weight excluding hydrogens is 360 g/mol. The molecule has 2 aliphatic rings. The molecule has 0 saturated heterocycles. The fourth-order valence-corrected chi connectivity index (χ4v) is 4.60. The van der Waals surface area contributed by atoms with Gasteiger partial charge in [-0.3, -0.25) is 4.98 Å². The Hall–Kier alpha value is -2.88. The van der Waals surface area contributed by atoms with Gasteiger partial charge in [0.1, 0.15) is 0 Å². The monoisotopic (exact) mass is 386 g/mol. The van der Waals surface area contributed by atoms with Crippen molar-refractivity contribution in [3.05, 3.63) is 70.7 Å². The molecule has 1 fully saturated rings. The van der Waals surface area contributed by atoms with Gasteiger partial charge in [0, 0.05) is 36.8 Å². The molecule has 2 aliphatic carbocycles. The summed E-state index contributed by atoms with van der Waals surface area (Å²) in [4.78, 5) is 16.5. The van der Waals surface area contributed by atoms with Crippen LogP contribution >= 0.6 is 0 Å². The zero-order valence-electron chi connectivity index (χ0n) is 16.8. The lowest BCUT2D eigenvalue weighted by Crippen LogP contribution is -2.07. The van der Waals surface area contributed by atoms with Crippen LogP contribution in [0.4, 0.5) is 0 Å². The second kappa shape index (κ2) is 7.18. The van der Waals surface area contributed by atoms with Crippen molar-refractivity contribution in [3.63, 3.8) is 0 Å². The molecule has 0 amide bonds. The molecule has 0 aliphatic heterocycles. The Bertz CT molecular complexity index is 1140. The van der Waals surface area contributed by atoms with Crippen molar-refractivity contribution in [1.29, 1.82) is 0 Å². The van der Waals surface area contributed by atoms with Gasteiger partial charge in [-0.1, -0.05) is 6.08 Å². The van der Waals surface area contributed by atoms with Gasteiger partial charge in [0.25, 0.3) is 0 Å². The van der Waals surface area contributed by atoms with Crippen molar-refractivity contribution in [1.82, 2.24) is 9.55 Å². The van der Waals surface area contributed by atoms with Crippen LogP contribution < -0.4 is 0 Å². The number of hydrogen-bond donors (Lipinski definition) is 1. The van der Waals surface area contributed by atoms with E-state index in [0.29, 0.717) is 23.6 Å². The molecule has 4 heteroatoms. The van der Waals surface area contributed by atoms with Gasteiger partial charge in [-0.25, -0.2) is 4.79 Å². The van der Waals surface area contributed by atoms with E-state index in [2.05, 4.69) is 47.1 Å². The minimum atomic E-state index is -0.883. The molecule has 1 aromatic carbocycles. The van der Waals surface area contributed by atoms with E-state index in [1.165, 1.54) is 34.9 Å². The lowest BCUT2D eigenvalue weighted by molar-refractivity contribution is 0.0695. The van der Waals surface area contributed by atoms with Crippen molar-refractivity contribution in [2.24, 2.45) is 7.05 Å². The molecule has 1 N–H and O–H groups in total. The van der Waals surface area contributed by atoms with Crippen LogP contribution in [0.2, 0.25) is 0 Å². The van der Waals surface area contributed by atoms with E-state index < -0.39 is 5.97 Å². The smallest absolute Gasteiger partial charge is 0.337 e. The van der Waals surface area contributed by atoms with Gasteiger partial charge in [0.15, 0.2) is 0 Å². The van der Waals surface area contributed by atoms with Crippen molar-refractivity contribution in [3.8, 4) is 0 Å². The highest BCUT2D eigenvalue weighted by Crippen LogP contribution is 2.40. The molecule has 0 radical (unpaired) electrons. The first-order valence-electron chi connectivity index (χ1n) is 10.6. The van der Waals surface area contributed by atoms with Crippen molar-refractivity contribution < 1.29 is 9.90 Å². The van der Waals surface area contributed by atoms with Crippen LogP contribution in [0, 0.1) is 0 Å². The van der Waals surface area contributed by atoms with Crippen LogP contribution in [0.25, 0.3) is 16.5 Å². The SMILES string of the molecule is Cn1ccc2cc(Cc3ncc(C4CC4)cc3C(=O)O)cc(C3=CCCCC3)c21. The topological polar surface area (TPSA) is 55.1 Å². The highest BCUT2D eigenvalue weighted by Gasteiger charge is 2.26. The zero-order valence-corrected chi connectivity index (χ0v) is 16.8. The van der Waals surface area contributed by atoms with Gasteiger partial charge in [-0.05, 0) is 85.4 Å². The quantitative estimate of drug-likeness (QED) is 0.612. The molecule has 0 unspecified atom stereocenters. The van der Waals surface area contributed by atoms with Gasteiger partial charge in [0.2, 0.25) is 0 Å². The zero-order chi connectivity index (χ0) is 20.0. The molecule has 0 bridgehead atoms. The molecule has 148 valence electrons. The summed E-state index contributed by atoms with van der Waals surface area (Å²) in [6.45, 7) is 0. The average molecular weight is 386 g/mol. The summed E-state index contributed by atoms with van der Waals surface area (Å²) >= 11 is 0. The lowest BCUT2D eigenvalue weighted by Gasteiger charge is -2.17. The third kappa shape index (κ3) is 3.48. The first-order valence-corrected chi connectivity index (χ1v) is 10.6. The van der Waals surface area contributed by atoms with E-state index >= 15 is 0 Å². The van der Waals surface area contributed by atoms with Gasteiger partial charge in [-0.2, -0.15) is 0 Å². The maximum atomic E-state index is 11.9. The number of aromatic nitrogens is 2. The highest BCUT2D eigenvalue weighted by atomic mass is 16.4. The molecule has 2 heterocycles. The Kier molecular flexibility index (Phi) is 4.50. The number of carbonyl (C=O) groups is 1. The number of nitrogens with zero attached hydrogens (tertiary/aromatic N) is 2. The van der Waals surface area contributed by atoms with Crippen LogP contribution in [-0.2, 0) is 13.5 Å². The van der Waals surface area contributed by atoms with Crippen molar-refractivity contribution >= 4 is 22.4 Å². The lowest BCUT2D eigenvalue weighted by atomic mass is 9.90. The van der Waals surface area contributed by atoms with E-state index in [-0.39, 0.29) is 0 Å². The van der Waals surface area contributed by atoms with E-state index in [4.69, 9.17) is 0 Å². The van der Waals surface area contributed by atoms with E-state index in [1.54, 1.807) is 0 Å². The van der Waals surface area contributed by atoms with Crippen LogP contribution in [0.1, 0.15) is 77.2 Å². The predicted molar refractivity (Wildman–Crippen MR) is 115 cm³/mol. The molecule has 3 aromatic rings. The summed E-state index contributed by atoms with van der Waals surface area (Å²) in [5.74, 6) is -0.383. The van der Waals surface area contributed by atoms with Gasteiger partial charge in [0.05, 0.1) is 16.8 Å². The number of rotatable bonds is 5.